The number of hydrogen-bond donors (Lipinski definition) is 0. The van der Waals surface area contributed by atoms with Crippen molar-refractivity contribution in [3.8, 4) is 5.75 Å². The Kier molecular flexibility index (Phi) is 5.11. The Morgan fingerprint density at radius 3 is 2.39 bits per heavy atom. The van der Waals surface area contributed by atoms with Crippen molar-refractivity contribution in [2.24, 2.45) is 0 Å². The highest BCUT2D eigenvalue weighted by atomic mass is 35.5. The molecule has 5 rings (SSSR count). The number of halogens is 1. The van der Waals surface area contributed by atoms with E-state index in [9.17, 15) is 14.9 Å². The molecule has 4 atom stereocenters. The fourth-order valence-corrected chi connectivity index (χ4v) is 5.30. The lowest BCUT2D eigenvalue weighted by Gasteiger charge is -2.29. The lowest BCUT2D eigenvalue weighted by atomic mass is 9.75. The van der Waals surface area contributed by atoms with Gasteiger partial charge in [0.1, 0.15) is 5.75 Å². The van der Waals surface area contributed by atoms with Gasteiger partial charge < -0.3 is 14.4 Å². The molecule has 33 heavy (non-hydrogen) atoms. The predicted octanol–water partition coefficient (Wildman–Crippen LogP) is 4.72. The summed E-state index contributed by atoms with van der Waals surface area (Å²) in [7, 11) is 3.20. The van der Waals surface area contributed by atoms with Crippen molar-refractivity contribution < 1.29 is 19.2 Å². The van der Waals surface area contributed by atoms with Crippen LogP contribution in [-0.4, -0.2) is 31.0 Å². The number of carbonyl (C=O) groups excluding carboxylic acids is 1. The highest BCUT2D eigenvalue weighted by Crippen LogP contribution is 2.60. The molecule has 168 valence electrons. The van der Waals surface area contributed by atoms with Crippen molar-refractivity contribution in [3.05, 3.63) is 105 Å². The first-order valence-electron chi connectivity index (χ1n) is 10.5. The van der Waals surface area contributed by atoms with E-state index in [1.165, 1.54) is 4.90 Å². The SMILES string of the molecule is COc1ccc([C@@H]2O[C@@]3(C(=O)N(C)c4ccc(Cl)cc43)[C@@H](c3ccccc3)[C@@H]2[N+](=O)[O-])cc1. The lowest BCUT2D eigenvalue weighted by Crippen LogP contribution is -2.44. The van der Waals surface area contributed by atoms with Crippen molar-refractivity contribution in [2.45, 2.75) is 23.7 Å². The van der Waals surface area contributed by atoms with Crippen LogP contribution in [0.3, 0.4) is 0 Å². The standard InChI is InChI=1S/C25H21ClN2O5/c1-27-20-13-10-17(26)14-19(20)25(24(27)29)21(15-6-4-3-5-7-15)22(28(30)31)23(33-25)16-8-11-18(32-2)12-9-16/h3-14,21-23H,1-2H3/t21-,22-,23-,25+/m0/s1. The van der Waals surface area contributed by atoms with E-state index in [1.807, 2.05) is 18.2 Å². The number of fused-ring (bicyclic) bond motifs is 2. The number of nitro groups is 1. The maximum Gasteiger partial charge on any atom is 0.264 e. The van der Waals surface area contributed by atoms with E-state index in [-0.39, 0.29) is 10.8 Å². The summed E-state index contributed by atoms with van der Waals surface area (Å²) < 4.78 is 11.8. The minimum atomic E-state index is -1.58. The molecule has 0 aromatic heterocycles. The second-order valence-corrected chi connectivity index (χ2v) is 8.67. The van der Waals surface area contributed by atoms with Gasteiger partial charge >= 0.3 is 0 Å². The normalized spacial score (nSPS) is 26.0. The predicted molar refractivity (Wildman–Crippen MR) is 123 cm³/mol. The van der Waals surface area contributed by atoms with Gasteiger partial charge in [0.05, 0.1) is 18.7 Å². The van der Waals surface area contributed by atoms with Crippen LogP contribution >= 0.6 is 11.6 Å². The average Bonchev–Trinajstić information content (AvgIpc) is 3.29. The van der Waals surface area contributed by atoms with Crippen LogP contribution in [0.15, 0.2) is 72.8 Å². The molecule has 8 heteroatoms. The molecule has 0 radical (unpaired) electrons. The molecule has 2 aliphatic rings. The van der Waals surface area contributed by atoms with Crippen molar-refractivity contribution in [1.29, 1.82) is 0 Å². The van der Waals surface area contributed by atoms with Gasteiger partial charge in [0, 0.05) is 22.6 Å². The molecule has 1 fully saturated rings. The average molecular weight is 465 g/mol. The molecule has 1 amide bonds. The molecule has 2 heterocycles. The maximum absolute atomic E-state index is 13.8. The van der Waals surface area contributed by atoms with Crippen LogP contribution in [0, 0.1) is 10.1 Å². The highest BCUT2D eigenvalue weighted by Gasteiger charge is 2.69. The van der Waals surface area contributed by atoms with E-state index in [0.717, 1.165) is 0 Å². The van der Waals surface area contributed by atoms with Gasteiger partial charge in [-0.25, -0.2) is 0 Å². The molecule has 0 aliphatic carbocycles. The molecule has 2 aliphatic heterocycles. The summed E-state index contributed by atoms with van der Waals surface area (Å²) in [4.78, 5) is 27.6. The van der Waals surface area contributed by atoms with E-state index >= 15 is 0 Å². The van der Waals surface area contributed by atoms with Crippen LogP contribution in [0.1, 0.15) is 28.7 Å². The van der Waals surface area contributed by atoms with E-state index < -0.39 is 23.7 Å². The molecule has 0 bridgehead atoms. The topological polar surface area (TPSA) is 81.9 Å². The second-order valence-electron chi connectivity index (χ2n) is 8.24. The monoisotopic (exact) mass is 464 g/mol. The molecular formula is C25H21ClN2O5. The van der Waals surface area contributed by atoms with Crippen molar-refractivity contribution in [1.82, 2.24) is 0 Å². The Bertz CT molecular complexity index is 1230. The van der Waals surface area contributed by atoms with Crippen LogP contribution in [-0.2, 0) is 15.1 Å². The number of amides is 1. The van der Waals surface area contributed by atoms with Crippen LogP contribution < -0.4 is 9.64 Å². The van der Waals surface area contributed by atoms with Gasteiger partial charge in [0.25, 0.3) is 11.9 Å². The summed E-state index contributed by atoms with van der Waals surface area (Å²) in [5, 5.41) is 13.0. The number of rotatable bonds is 4. The molecule has 0 N–H and O–H groups in total. The number of hydrogen-bond acceptors (Lipinski definition) is 5. The minimum absolute atomic E-state index is 0.336. The first kappa shape index (κ1) is 21.4. The van der Waals surface area contributed by atoms with Crippen molar-refractivity contribution in [3.63, 3.8) is 0 Å². The number of ether oxygens (including phenoxy) is 2. The summed E-state index contributed by atoms with van der Waals surface area (Å²) >= 11 is 6.33. The maximum atomic E-state index is 13.8. The van der Waals surface area contributed by atoms with Crippen LogP contribution in [0.25, 0.3) is 0 Å². The Labute approximate surface area is 195 Å². The zero-order chi connectivity index (χ0) is 23.3. The Hall–Kier alpha value is -3.42. The highest BCUT2D eigenvalue weighted by molar-refractivity contribution is 6.31. The number of benzene rings is 3. The van der Waals surface area contributed by atoms with Gasteiger partial charge in [-0.05, 0) is 41.5 Å². The van der Waals surface area contributed by atoms with Gasteiger partial charge in [-0.2, -0.15) is 0 Å². The van der Waals surface area contributed by atoms with Crippen LogP contribution in [0.5, 0.6) is 5.75 Å². The smallest absolute Gasteiger partial charge is 0.264 e. The lowest BCUT2D eigenvalue weighted by molar-refractivity contribution is -0.531. The summed E-state index contributed by atoms with van der Waals surface area (Å²) in [6.45, 7) is 0. The van der Waals surface area contributed by atoms with Gasteiger partial charge in [-0.15, -0.1) is 0 Å². The third-order valence-electron chi connectivity index (χ3n) is 6.59. The number of nitrogens with zero attached hydrogens (tertiary/aromatic N) is 2. The van der Waals surface area contributed by atoms with Crippen molar-refractivity contribution in [2.75, 3.05) is 19.1 Å². The molecule has 3 aromatic rings. The number of carbonyl (C=O) groups is 1. The number of likely N-dealkylation sites (N-methyl/N-ethyl adjacent to an activating group) is 1. The third kappa shape index (κ3) is 3.11. The fraction of sp³-hybridized carbons (Fsp3) is 0.240. The number of anilines is 1. The van der Waals surface area contributed by atoms with E-state index in [4.69, 9.17) is 21.1 Å². The molecule has 0 unspecified atom stereocenters. The molecule has 3 aromatic carbocycles. The van der Waals surface area contributed by atoms with Crippen molar-refractivity contribution >= 4 is 23.2 Å². The molecular weight excluding hydrogens is 444 g/mol. The molecule has 0 saturated carbocycles. The largest absolute Gasteiger partial charge is 0.497 e. The molecule has 1 saturated heterocycles. The van der Waals surface area contributed by atoms with E-state index in [0.29, 0.717) is 33.1 Å². The minimum Gasteiger partial charge on any atom is -0.497 e. The number of methoxy groups -OCH3 is 1. The Balaban J connectivity index is 1.77. The Morgan fingerprint density at radius 1 is 1.06 bits per heavy atom. The van der Waals surface area contributed by atoms with Crippen LogP contribution in [0.4, 0.5) is 5.69 Å². The van der Waals surface area contributed by atoms with Gasteiger partial charge in [-0.1, -0.05) is 54.1 Å². The van der Waals surface area contributed by atoms with E-state index in [2.05, 4.69) is 0 Å². The first-order chi connectivity index (χ1) is 15.9. The summed E-state index contributed by atoms with van der Waals surface area (Å²) in [6, 6.07) is 19.9. The van der Waals surface area contributed by atoms with Gasteiger partial charge in [0.2, 0.25) is 0 Å². The van der Waals surface area contributed by atoms with Crippen LogP contribution in [0.2, 0.25) is 5.02 Å². The summed E-state index contributed by atoms with van der Waals surface area (Å²) in [5.41, 5.74) is 0.839. The Morgan fingerprint density at radius 2 is 1.76 bits per heavy atom. The zero-order valence-corrected chi connectivity index (χ0v) is 18.7. The summed E-state index contributed by atoms with van der Waals surface area (Å²) in [6.07, 6.45) is -0.960. The third-order valence-corrected chi connectivity index (χ3v) is 6.83. The second kappa shape index (κ2) is 7.86. The summed E-state index contributed by atoms with van der Waals surface area (Å²) in [5.74, 6) is -0.593. The van der Waals surface area contributed by atoms with Gasteiger partial charge in [0.15, 0.2) is 11.7 Å². The van der Waals surface area contributed by atoms with Gasteiger partial charge in [-0.3, -0.25) is 14.9 Å². The quantitative estimate of drug-likeness (QED) is 0.412. The van der Waals surface area contributed by atoms with E-state index in [1.54, 1.807) is 68.8 Å². The fourth-order valence-electron chi connectivity index (χ4n) is 5.13. The molecule has 7 nitrogen and oxygen atoms in total. The molecule has 1 spiro atoms. The zero-order valence-electron chi connectivity index (χ0n) is 18.0. The first-order valence-corrected chi connectivity index (χ1v) is 10.8.